The normalized spacial score (nSPS) is 18.9. The third-order valence-corrected chi connectivity index (χ3v) is 6.90. The predicted octanol–water partition coefficient (Wildman–Crippen LogP) is 4.98. The second kappa shape index (κ2) is 5.32. The van der Waals surface area contributed by atoms with Crippen LogP contribution in [0.5, 0.6) is 0 Å². The van der Waals surface area contributed by atoms with Gasteiger partial charge in [-0.05, 0) is 0 Å². The second-order valence-corrected chi connectivity index (χ2v) is 10.1. The van der Waals surface area contributed by atoms with Crippen LogP contribution in [0.3, 0.4) is 0 Å². The van der Waals surface area contributed by atoms with Crippen LogP contribution in [0.1, 0.15) is 47.5 Å². The minimum absolute atomic E-state index is 0.281. The van der Waals surface area contributed by atoms with Gasteiger partial charge in [0.2, 0.25) is 0 Å². The van der Waals surface area contributed by atoms with Gasteiger partial charge in [-0.25, -0.2) is 0 Å². The number of rotatable bonds is 4. The summed E-state index contributed by atoms with van der Waals surface area (Å²) in [5, 5.41) is 4.94. The molecule has 1 unspecified atom stereocenters. The van der Waals surface area contributed by atoms with E-state index >= 15 is 0 Å². The summed E-state index contributed by atoms with van der Waals surface area (Å²) in [7, 11) is 0. The molecule has 0 bridgehead atoms. The van der Waals surface area contributed by atoms with Crippen LogP contribution in [0.25, 0.3) is 0 Å². The molecule has 0 amide bonds. The van der Waals surface area contributed by atoms with Crippen molar-refractivity contribution >= 4 is 0 Å². The Morgan fingerprint density at radius 1 is 1.24 bits per heavy atom. The topological polar surface area (TPSA) is 3.24 Å². The molecule has 0 radical (unpaired) electrons. The maximum absolute atomic E-state index is 2.80. The van der Waals surface area contributed by atoms with E-state index in [2.05, 4.69) is 66.7 Å². The third-order valence-electron chi connectivity index (χ3n) is 4.28. The van der Waals surface area contributed by atoms with Crippen LogP contribution in [0.15, 0.2) is 23.9 Å². The van der Waals surface area contributed by atoms with E-state index in [1.54, 1.807) is 5.70 Å². The molecule has 2 heteroatoms. The van der Waals surface area contributed by atoms with Gasteiger partial charge in [0.25, 0.3) is 0 Å². The van der Waals surface area contributed by atoms with Crippen molar-refractivity contribution in [2.45, 2.75) is 63.5 Å². The summed E-state index contributed by atoms with van der Waals surface area (Å²) in [6.07, 6.45) is 9.15. The first kappa shape index (κ1) is 15.1. The molecule has 1 rings (SSSR count). The van der Waals surface area contributed by atoms with Crippen molar-refractivity contribution in [3.63, 3.8) is 0 Å². The van der Waals surface area contributed by atoms with Gasteiger partial charge < -0.3 is 0 Å². The Labute approximate surface area is 114 Å². The summed E-state index contributed by atoms with van der Waals surface area (Å²) in [6, 6.07) is 0. The molecule has 0 saturated heterocycles. The molecule has 0 heterocycles. The predicted molar refractivity (Wildman–Crippen MR) is 73.6 cm³/mol. The molecule has 0 aliphatic heterocycles. The van der Waals surface area contributed by atoms with Crippen molar-refractivity contribution in [1.29, 1.82) is 0 Å². The van der Waals surface area contributed by atoms with E-state index in [0.717, 1.165) is 6.42 Å². The average Bonchev–Trinajstić information content (AvgIpc) is 2.68. The molecule has 0 spiro atoms. The van der Waals surface area contributed by atoms with E-state index in [1.165, 1.54) is 6.42 Å². The van der Waals surface area contributed by atoms with Crippen LogP contribution in [0.2, 0.25) is 10.5 Å². The fourth-order valence-electron chi connectivity index (χ4n) is 2.72. The minimum atomic E-state index is -1.14. The SMILES string of the molecule is CCC(C)([N](C1=CC=CC1)[Ti]([CH3])[CH3])C(C)(C)C. The summed E-state index contributed by atoms with van der Waals surface area (Å²) >= 11 is -1.14. The van der Waals surface area contributed by atoms with Crippen molar-refractivity contribution in [2.24, 2.45) is 5.41 Å². The van der Waals surface area contributed by atoms with Crippen molar-refractivity contribution in [3.05, 3.63) is 23.9 Å². The van der Waals surface area contributed by atoms with E-state index in [0.29, 0.717) is 5.41 Å². The molecule has 17 heavy (non-hydrogen) atoms. The Kier molecular flexibility index (Phi) is 4.71. The molecule has 97 valence electrons. The van der Waals surface area contributed by atoms with Gasteiger partial charge >= 0.3 is 114 Å². The number of hydrogen-bond donors (Lipinski definition) is 0. The monoisotopic (exact) mass is 270 g/mol. The Bertz CT molecular complexity index is 322. The first-order valence-electron chi connectivity index (χ1n) is 6.70. The van der Waals surface area contributed by atoms with E-state index in [9.17, 15) is 0 Å². The standard InChI is InChI=1S/C13H22N.2CH3.Ti/c1-6-13(5,12(2,3)4)14-11-9-7-8-10-11;;;/h7-9H,6,10H2,1-5H3;2*1H3;/q-1;;;+1. The van der Waals surface area contributed by atoms with Gasteiger partial charge in [0.05, 0.1) is 0 Å². The number of nitrogens with zero attached hydrogens (tertiary/aromatic N) is 1. The molecule has 0 aromatic rings. The molecule has 1 aliphatic rings. The van der Waals surface area contributed by atoms with Gasteiger partial charge in [-0.15, -0.1) is 0 Å². The van der Waals surface area contributed by atoms with Crippen LogP contribution < -0.4 is 0 Å². The Morgan fingerprint density at radius 2 is 1.82 bits per heavy atom. The molecule has 0 fully saturated rings. The zero-order chi connectivity index (χ0) is 13.3. The van der Waals surface area contributed by atoms with Crippen LogP contribution in [-0.4, -0.2) is 8.92 Å². The number of allylic oxidation sites excluding steroid dienone is 3. The van der Waals surface area contributed by atoms with Crippen LogP contribution in [0, 0.1) is 5.41 Å². The number of hydrogen-bond acceptors (Lipinski definition) is 1. The molecule has 1 aliphatic carbocycles. The third kappa shape index (κ3) is 2.88. The van der Waals surface area contributed by atoms with Gasteiger partial charge in [0.1, 0.15) is 0 Å². The average molecular weight is 270 g/mol. The molecule has 0 N–H and O–H groups in total. The van der Waals surface area contributed by atoms with Gasteiger partial charge in [-0.1, -0.05) is 0 Å². The van der Waals surface area contributed by atoms with E-state index in [1.807, 2.05) is 0 Å². The maximum atomic E-state index is 2.80. The zero-order valence-corrected chi connectivity index (χ0v) is 14.2. The van der Waals surface area contributed by atoms with Crippen LogP contribution >= 0.6 is 0 Å². The van der Waals surface area contributed by atoms with E-state index in [4.69, 9.17) is 0 Å². The summed E-state index contributed by atoms with van der Waals surface area (Å²) in [4.78, 5) is 0. The summed E-state index contributed by atoms with van der Waals surface area (Å²) < 4.78 is 2.80. The fourth-order valence-corrected chi connectivity index (χ4v) is 6.19. The Hall–Kier alpha value is -0.00571. The summed E-state index contributed by atoms with van der Waals surface area (Å²) in [6.45, 7) is 11.9. The Morgan fingerprint density at radius 3 is 2.12 bits per heavy atom. The van der Waals surface area contributed by atoms with Crippen molar-refractivity contribution < 1.29 is 18.1 Å². The summed E-state index contributed by atoms with van der Waals surface area (Å²) in [5.74, 6) is 0. The Balaban J connectivity index is 3.12. The first-order valence-corrected chi connectivity index (χ1v) is 10.5. The van der Waals surface area contributed by atoms with Crippen LogP contribution in [0.4, 0.5) is 0 Å². The molecule has 1 nitrogen and oxygen atoms in total. The second-order valence-electron chi connectivity index (χ2n) is 6.45. The van der Waals surface area contributed by atoms with Crippen molar-refractivity contribution in [2.75, 3.05) is 0 Å². The molecule has 0 aromatic heterocycles. The van der Waals surface area contributed by atoms with E-state index < -0.39 is 18.1 Å². The molecule has 0 aromatic carbocycles. The van der Waals surface area contributed by atoms with Gasteiger partial charge in [-0.2, -0.15) is 0 Å². The van der Waals surface area contributed by atoms with Crippen LogP contribution in [-0.2, 0) is 18.1 Å². The zero-order valence-electron chi connectivity index (χ0n) is 12.6. The molecule has 0 saturated carbocycles. The van der Waals surface area contributed by atoms with E-state index in [-0.39, 0.29) is 5.54 Å². The van der Waals surface area contributed by atoms with Gasteiger partial charge in [0, 0.05) is 0 Å². The first-order chi connectivity index (χ1) is 7.74. The van der Waals surface area contributed by atoms with Gasteiger partial charge in [-0.3, -0.25) is 0 Å². The molecular formula is C15H28NTi. The summed E-state index contributed by atoms with van der Waals surface area (Å²) in [5.41, 5.74) is 2.14. The molecule has 1 atom stereocenters. The molecular weight excluding hydrogens is 242 g/mol. The quantitative estimate of drug-likeness (QED) is 0.651. The fraction of sp³-hybridized carbons (Fsp3) is 0.733. The van der Waals surface area contributed by atoms with Gasteiger partial charge in [0.15, 0.2) is 0 Å². The van der Waals surface area contributed by atoms with Crippen molar-refractivity contribution in [1.82, 2.24) is 3.38 Å². The van der Waals surface area contributed by atoms with Crippen molar-refractivity contribution in [3.8, 4) is 0 Å².